The molecule has 1 aromatic heterocycles. The standard InChI is InChI=1S/C7HF5O2.C4H7N2S/c8-2-1(7(13)14)3(9)5(11)6(12)4(2)10;1-5-2-3-6(7)4-5/h(H,13,14);2-4,7H,1H3/q;+1/p-1. The van der Waals surface area contributed by atoms with Crippen LogP contribution in [-0.4, -0.2) is 9.94 Å². The molecule has 2 aromatic rings. The van der Waals surface area contributed by atoms with Crippen molar-refractivity contribution in [2.75, 3.05) is 0 Å². The van der Waals surface area contributed by atoms with Crippen molar-refractivity contribution >= 4 is 18.8 Å². The highest BCUT2D eigenvalue weighted by Crippen LogP contribution is 2.22. The maximum absolute atomic E-state index is 12.5. The lowest BCUT2D eigenvalue weighted by Crippen LogP contribution is -2.26. The zero-order chi connectivity index (χ0) is 16.3. The summed E-state index contributed by atoms with van der Waals surface area (Å²) in [4.78, 5) is 10.0. The van der Waals surface area contributed by atoms with Gasteiger partial charge in [-0.25, -0.2) is 26.5 Å². The van der Waals surface area contributed by atoms with Crippen molar-refractivity contribution in [2.24, 2.45) is 7.05 Å². The molecule has 2 rings (SSSR count). The third-order valence-corrected chi connectivity index (χ3v) is 2.41. The number of carbonyl (C=O) groups is 1. The molecule has 4 nitrogen and oxygen atoms in total. The number of carbonyl (C=O) groups excluding carboxylic acids is 1. The Morgan fingerprint density at radius 3 is 1.76 bits per heavy atom. The molecule has 114 valence electrons. The zero-order valence-electron chi connectivity index (χ0n) is 10.3. The van der Waals surface area contributed by atoms with Crippen molar-refractivity contribution in [3.63, 3.8) is 0 Å². The van der Waals surface area contributed by atoms with E-state index in [0.29, 0.717) is 0 Å². The van der Waals surface area contributed by atoms with Crippen LogP contribution in [0.15, 0.2) is 18.7 Å². The summed E-state index contributed by atoms with van der Waals surface area (Å²) in [6.45, 7) is 0. The zero-order valence-corrected chi connectivity index (χ0v) is 11.2. The van der Waals surface area contributed by atoms with Gasteiger partial charge >= 0.3 is 0 Å². The van der Waals surface area contributed by atoms with Gasteiger partial charge in [-0.3, -0.25) is 0 Å². The molecule has 0 aliphatic rings. The number of aromatic carboxylic acids is 1. The number of halogens is 5. The first-order chi connectivity index (χ1) is 9.66. The molecular formula is C11H7F5N2O2S. The number of carboxylic acids is 1. The summed E-state index contributed by atoms with van der Waals surface area (Å²) < 4.78 is 65.6. The first kappa shape index (κ1) is 17.0. The SMILES string of the molecule is C[n+]1ccn(S)c1.O=C([O-])c1c(F)c(F)c(F)c(F)c1F. The number of rotatable bonds is 1. The fourth-order valence-corrected chi connectivity index (χ4v) is 1.44. The largest absolute Gasteiger partial charge is 0.545 e. The molecule has 0 saturated carbocycles. The number of nitrogens with zero attached hydrogens (tertiary/aromatic N) is 2. The number of hydrogen-bond donors (Lipinski definition) is 1. The van der Waals surface area contributed by atoms with Crippen LogP contribution in [0, 0.1) is 29.1 Å². The lowest BCUT2D eigenvalue weighted by molar-refractivity contribution is -0.670. The lowest BCUT2D eigenvalue weighted by atomic mass is 10.1. The minimum atomic E-state index is -2.47. The van der Waals surface area contributed by atoms with E-state index in [4.69, 9.17) is 0 Å². The van der Waals surface area contributed by atoms with Crippen molar-refractivity contribution in [3.8, 4) is 0 Å². The second kappa shape index (κ2) is 6.57. The molecule has 21 heavy (non-hydrogen) atoms. The molecule has 0 spiro atoms. The molecule has 0 N–H and O–H groups in total. The van der Waals surface area contributed by atoms with Crippen LogP contribution in [0.4, 0.5) is 22.0 Å². The molecule has 0 bridgehead atoms. The monoisotopic (exact) mass is 326 g/mol. The maximum Gasteiger partial charge on any atom is 0.255 e. The number of carboxylic acid groups (broad SMARTS) is 1. The Hall–Kier alpha value is -2.10. The number of imidazole rings is 1. The van der Waals surface area contributed by atoms with Crippen LogP contribution in [0.1, 0.15) is 10.4 Å². The number of aromatic nitrogens is 2. The summed E-state index contributed by atoms with van der Waals surface area (Å²) in [5.74, 6) is -14.4. The van der Waals surface area contributed by atoms with Crippen LogP contribution in [0.25, 0.3) is 0 Å². The molecule has 0 atom stereocenters. The fraction of sp³-hybridized carbons (Fsp3) is 0.0909. The van der Waals surface area contributed by atoms with Crippen molar-refractivity contribution < 1.29 is 36.4 Å². The van der Waals surface area contributed by atoms with Crippen LogP contribution in [-0.2, 0) is 7.05 Å². The second-order valence-electron chi connectivity index (χ2n) is 3.69. The molecule has 0 unspecified atom stereocenters. The van der Waals surface area contributed by atoms with E-state index >= 15 is 0 Å². The predicted molar refractivity (Wildman–Crippen MR) is 60.6 cm³/mol. The lowest BCUT2D eigenvalue weighted by Gasteiger charge is -2.07. The molecule has 0 aliphatic carbocycles. The molecule has 0 fully saturated rings. The van der Waals surface area contributed by atoms with E-state index in [1.165, 1.54) is 0 Å². The Morgan fingerprint density at radius 2 is 1.52 bits per heavy atom. The van der Waals surface area contributed by atoms with E-state index in [0.717, 1.165) is 0 Å². The Labute approximate surface area is 120 Å². The number of aryl methyl sites for hydroxylation is 1. The molecule has 0 amide bonds. The third-order valence-electron chi connectivity index (χ3n) is 2.17. The average Bonchev–Trinajstić information content (AvgIpc) is 2.78. The van der Waals surface area contributed by atoms with Crippen molar-refractivity contribution in [2.45, 2.75) is 0 Å². The van der Waals surface area contributed by atoms with Crippen LogP contribution in [0.3, 0.4) is 0 Å². The highest BCUT2D eigenvalue weighted by Gasteiger charge is 2.25. The average molecular weight is 326 g/mol. The Bertz CT molecular complexity index is 644. The van der Waals surface area contributed by atoms with Gasteiger partial charge in [0.05, 0.1) is 18.6 Å². The molecule has 0 saturated heterocycles. The van der Waals surface area contributed by atoms with Gasteiger partial charge < -0.3 is 9.90 Å². The Kier molecular flexibility index (Phi) is 5.30. The summed E-state index contributed by atoms with van der Waals surface area (Å²) in [5, 5.41) is 10.0. The summed E-state index contributed by atoms with van der Waals surface area (Å²) in [5.41, 5.74) is -1.97. The van der Waals surface area contributed by atoms with E-state index in [1.807, 2.05) is 30.3 Å². The normalized spacial score (nSPS) is 10.0. The highest BCUT2D eigenvalue weighted by molar-refractivity contribution is 7.78. The predicted octanol–water partition coefficient (Wildman–Crippen LogP) is 0.751. The van der Waals surface area contributed by atoms with E-state index in [-0.39, 0.29) is 0 Å². The first-order valence-corrected chi connectivity index (χ1v) is 5.52. The molecule has 1 aromatic carbocycles. The van der Waals surface area contributed by atoms with Gasteiger partial charge in [-0.05, 0) is 0 Å². The van der Waals surface area contributed by atoms with Gasteiger partial charge in [0.2, 0.25) is 5.82 Å². The van der Waals surface area contributed by atoms with Gasteiger partial charge in [-0.1, -0.05) is 0 Å². The number of benzene rings is 1. The van der Waals surface area contributed by atoms with Crippen LogP contribution >= 0.6 is 12.8 Å². The minimum absolute atomic E-state index is 1.69. The quantitative estimate of drug-likeness (QED) is 0.276. The molecule has 10 heteroatoms. The number of thiol groups is 1. The molecule has 0 radical (unpaired) electrons. The third kappa shape index (κ3) is 3.72. The van der Waals surface area contributed by atoms with Crippen LogP contribution in [0.2, 0.25) is 0 Å². The van der Waals surface area contributed by atoms with Crippen LogP contribution in [0.5, 0.6) is 0 Å². The van der Waals surface area contributed by atoms with Gasteiger partial charge in [0.25, 0.3) is 6.33 Å². The van der Waals surface area contributed by atoms with E-state index < -0.39 is 40.6 Å². The van der Waals surface area contributed by atoms with Gasteiger partial charge in [0.1, 0.15) is 12.4 Å². The summed E-state index contributed by atoms with van der Waals surface area (Å²) in [6, 6.07) is 0. The molecule has 1 heterocycles. The Balaban J connectivity index is 0.000000262. The smallest absolute Gasteiger partial charge is 0.255 e. The summed E-state index contributed by atoms with van der Waals surface area (Å²) >= 11 is 4.00. The minimum Gasteiger partial charge on any atom is -0.545 e. The molecular weight excluding hydrogens is 319 g/mol. The highest BCUT2D eigenvalue weighted by atomic mass is 32.1. The topological polar surface area (TPSA) is 48.9 Å². The van der Waals surface area contributed by atoms with E-state index in [1.54, 1.807) is 3.97 Å². The Morgan fingerprint density at radius 1 is 1.10 bits per heavy atom. The maximum atomic E-state index is 12.5. The first-order valence-electron chi connectivity index (χ1n) is 5.12. The van der Waals surface area contributed by atoms with E-state index in [2.05, 4.69) is 12.8 Å². The van der Waals surface area contributed by atoms with Crippen LogP contribution < -0.4 is 9.67 Å². The second-order valence-corrected chi connectivity index (χ2v) is 4.15. The summed E-state index contributed by atoms with van der Waals surface area (Å²) in [7, 11) is 1.95. The molecule has 0 aliphatic heterocycles. The van der Waals surface area contributed by atoms with Gasteiger partial charge in [0, 0.05) is 12.8 Å². The van der Waals surface area contributed by atoms with Gasteiger partial charge in [-0.2, -0.15) is 3.97 Å². The fourth-order valence-electron chi connectivity index (χ4n) is 1.22. The van der Waals surface area contributed by atoms with Crippen molar-refractivity contribution in [1.29, 1.82) is 0 Å². The number of hydrogen-bond acceptors (Lipinski definition) is 3. The van der Waals surface area contributed by atoms with E-state index in [9.17, 15) is 31.9 Å². The van der Waals surface area contributed by atoms with Gasteiger partial charge in [0.15, 0.2) is 23.3 Å². The summed E-state index contributed by atoms with van der Waals surface area (Å²) in [6.07, 6.45) is 5.65. The van der Waals surface area contributed by atoms with Gasteiger partial charge in [-0.15, -0.1) is 0 Å². The van der Waals surface area contributed by atoms with Crippen molar-refractivity contribution in [3.05, 3.63) is 53.4 Å². The van der Waals surface area contributed by atoms with Crippen molar-refractivity contribution in [1.82, 2.24) is 3.97 Å².